The second-order valence-corrected chi connectivity index (χ2v) is 6.88. The number of benzene rings is 1. The van der Waals surface area contributed by atoms with Gasteiger partial charge in [0, 0.05) is 11.4 Å². The van der Waals surface area contributed by atoms with Crippen LogP contribution >= 0.6 is 11.6 Å². The Morgan fingerprint density at radius 3 is 2.54 bits per heavy atom. The van der Waals surface area contributed by atoms with Crippen molar-refractivity contribution in [1.29, 1.82) is 0 Å². The molecule has 5 nitrogen and oxygen atoms in total. The van der Waals surface area contributed by atoms with Gasteiger partial charge in [-0.05, 0) is 56.5 Å². The SMILES string of the molecule is CCc1noc(C(C)N2CCC(C(O)c3ccc(Cl)cc3)CC2)n1. The maximum Gasteiger partial charge on any atom is 0.243 e. The molecule has 3 rings (SSSR count). The van der Waals surface area contributed by atoms with Crippen LogP contribution in [0.1, 0.15) is 56.1 Å². The number of aryl methyl sites for hydroxylation is 1. The molecule has 1 N–H and O–H groups in total. The van der Waals surface area contributed by atoms with Gasteiger partial charge in [0.1, 0.15) is 0 Å². The lowest BCUT2D eigenvalue weighted by Gasteiger charge is -2.36. The Morgan fingerprint density at radius 2 is 1.96 bits per heavy atom. The highest BCUT2D eigenvalue weighted by atomic mass is 35.5. The van der Waals surface area contributed by atoms with E-state index in [9.17, 15) is 5.11 Å². The van der Waals surface area contributed by atoms with Crippen molar-refractivity contribution in [2.45, 2.75) is 45.3 Å². The first-order chi connectivity index (χ1) is 11.6. The van der Waals surface area contributed by atoms with Gasteiger partial charge in [-0.25, -0.2) is 0 Å². The predicted molar refractivity (Wildman–Crippen MR) is 92.8 cm³/mol. The second-order valence-electron chi connectivity index (χ2n) is 6.45. The molecule has 1 aromatic heterocycles. The number of nitrogens with zero attached hydrogens (tertiary/aromatic N) is 3. The van der Waals surface area contributed by atoms with Crippen molar-refractivity contribution >= 4 is 11.6 Å². The fraction of sp³-hybridized carbons (Fsp3) is 0.556. The fourth-order valence-electron chi connectivity index (χ4n) is 3.29. The quantitative estimate of drug-likeness (QED) is 0.889. The molecule has 0 bridgehead atoms. The summed E-state index contributed by atoms with van der Waals surface area (Å²) in [5.41, 5.74) is 0.940. The average Bonchev–Trinajstić information content (AvgIpc) is 3.10. The zero-order valence-corrected chi connectivity index (χ0v) is 14.9. The van der Waals surface area contributed by atoms with Gasteiger partial charge in [0.2, 0.25) is 5.89 Å². The highest BCUT2D eigenvalue weighted by Crippen LogP contribution is 2.33. The van der Waals surface area contributed by atoms with Crippen molar-refractivity contribution in [3.63, 3.8) is 0 Å². The summed E-state index contributed by atoms with van der Waals surface area (Å²) < 4.78 is 5.36. The highest BCUT2D eigenvalue weighted by Gasteiger charge is 2.30. The lowest BCUT2D eigenvalue weighted by atomic mass is 9.87. The first-order valence-corrected chi connectivity index (χ1v) is 8.96. The van der Waals surface area contributed by atoms with Crippen LogP contribution in [-0.4, -0.2) is 33.2 Å². The Morgan fingerprint density at radius 1 is 1.29 bits per heavy atom. The molecule has 1 aromatic carbocycles. The maximum absolute atomic E-state index is 10.6. The molecule has 0 amide bonds. The third-order valence-corrected chi connectivity index (χ3v) is 5.19. The summed E-state index contributed by atoms with van der Waals surface area (Å²) in [6.07, 6.45) is 2.24. The second kappa shape index (κ2) is 7.64. The van der Waals surface area contributed by atoms with Gasteiger partial charge in [-0.2, -0.15) is 4.98 Å². The summed E-state index contributed by atoms with van der Waals surface area (Å²) in [7, 11) is 0. The van der Waals surface area contributed by atoms with Crippen LogP contribution in [-0.2, 0) is 6.42 Å². The van der Waals surface area contributed by atoms with Crippen LogP contribution in [0.4, 0.5) is 0 Å². The lowest BCUT2D eigenvalue weighted by Crippen LogP contribution is -2.37. The highest BCUT2D eigenvalue weighted by molar-refractivity contribution is 6.30. The summed E-state index contributed by atoms with van der Waals surface area (Å²) in [6, 6.07) is 7.60. The first-order valence-electron chi connectivity index (χ1n) is 8.58. The Labute approximate surface area is 147 Å². The number of rotatable bonds is 5. The normalized spacial score (nSPS) is 19.3. The summed E-state index contributed by atoms with van der Waals surface area (Å²) in [4.78, 5) is 6.78. The van der Waals surface area contributed by atoms with Crippen molar-refractivity contribution in [3.05, 3.63) is 46.6 Å². The van der Waals surface area contributed by atoms with E-state index in [1.165, 1.54) is 0 Å². The van der Waals surface area contributed by atoms with E-state index in [0.717, 1.165) is 43.7 Å². The molecule has 0 saturated carbocycles. The Bertz CT molecular complexity index is 651. The van der Waals surface area contributed by atoms with Gasteiger partial charge < -0.3 is 9.63 Å². The number of likely N-dealkylation sites (tertiary alicyclic amines) is 1. The minimum absolute atomic E-state index is 0.117. The van der Waals surface area contributed by atoms with Crippen LogP contribution in [0.25, 0.3) is 0 Å². The minimum Gasteiger partial charge on any atom is -0.388 e. The molecule has 1 aliphatic rings. The van der Waals surface area contributed by atoms with Gasteiger partial charge >= 0.3 is 0 Å². The molecule has 2 unspecified atom stereocenters. The van der Waals surface area contributed by atoms with Crippen molar-refractivity contribution in [3.8, 4) is 0 Å². The summed E-state index contributed by atoms with van der Waals surface area (Å²) in [5.74, 6) is 1.71. The zero-order chi connectivity index (χ0) is 17.1. The topological polar surface area (TPSA) is 62.4 Å². The minimum atomic E-state index is -0.435. The van der Waals surface area contributed by atoms with E-state index in [1.54, 1.807) is 0 Å². The lowest BCUT2D eigenvalue weighted by molar-refractivity contribution is 0.0420. The molecule has 1 aliphatic heterocycles. The molecule has 130 valence electrons. The molecule has 0 radical (unpaired) electrons. The van der Waals surface area contributed by atoms with E-state index in [-0.39, 0.29) is 12.0 Å². The number of aliphatic hydroxyl groups is 1. The van der Waals surface area contributed by atoms with Gasteiger partial charge in [0.25, 0.3) is 0 Å². The van der Waals surface area contributed by atoms with Crippen LogP contribution in [0.5, 0.6) is 0 Å². The molecule has 2 aromatic rings. The molecule has 1 fully saturated rings. The fourth-order valence-corrected chi connectivity index (χ4v) is 3.42. The number of halogens is 1. The van der Waals surface area contributed by atoms with Gasteiger partial charge in [-0.1, -0.05) is 35.8 Å². The van der Waals surface area contributed by atoms with E-state index >= 15 is 0 Å². The molecule has 0 aliphatic carbocycles. The summed E-state index contributed by atoms with van der Waals surface area (Å²) >= 11 is 5.92. The van der Waals surface area contributed by atoms with E-state index < -0.39 is 6.10 Å². The van der Waals surface area contributed by atoms with Gasteiger partial charge in [-0.3, -0.25) is 4.90 Å². The Hall–Kier alpha value is -1.43. The van der Waals surface area contributed by atoms with E-state index in [2.05, 4.69) is 22.0 Å². The summed E-state index contributed by atoms with van der Waals surface area (Å²) in [5, 5.41) is 15.3. The molecule has 1 saturated heterocycles. The van der Waals surface area contributed by atoms with Gasteiger partial charge in [0.05, 0.1) is 12.1 Å². The van der Waals surface area contributed by atoms with Crippen LogP contribution in [0, 0.1) is 5.92 Å². The third kappa shape index (κ3) is 3.79. The third-order valence-electron chi connectivity index (χ3n) is 4.94. The Kier molecular flexibility index (Phi) is 5.54. The van der Waals surface area contributed by atoms with Crippen molar-refractivity contribution in [2.75, 3.05) is 13.1 Å². The summed E-state index contributed by atoms with van der Waals surface area (Å²) in [6.45, 7) is 5.95. The first kappa shape index (κ1) is 17.4. The van der Waals surface area contributed by atoms with E-state index in [1.807, 2.05) is 31.2 Å². The van der Waals surface area contributed by atoms with Crippen LogP contribution in [0.15, 0.2) is 28.8 Å². The number of hydrogen-bond acceptors (Lipinski definition) is 5. The largest absolute Gasteiger partial charge is 0.388 e. The van der Waals surface area contributed by atoms with Crippen molar-refractivity contribution in [1.82, 2.24) is 15.0 Å². The number of aromatic nitrogens is 2. The molecule has 0 spiro atoms. The zero-order valence-electron chi connectivity index (χ0n) is 14.2. The van der Waals surface area contributed by atoms with E-state index in [4.69, 9.17) is 16.1 Å². The van der Waals surface area contributed by atoms with Gasteiger partial charge in [0.15, 0.2) is 5.82 Å². The van der Waals surface area contributed by atoms with Crippen molar-refractivity contribution < 1.29 is 9.63 Å². The predicted octanol–water partition coefficient (Wildman–Crippen LogP) is 3.79. The standard InChI is InChI=1S/C18H24ClN3O2/c1-3-16-20-18(24-21-16)12(2)22-10-8-14(9-11-22)17(23)13-4-6-15(19)7-5-13/h4-7,12,14,17,23H,3,8-11H2,1-2H3. The number of aliphatic hydroxyl groups excluding tert-OH is 1. The molecule has 2 heterocycles. The molecule has 6 heteroatoms. The van der Waals surface area contributed by atoms with Gasteiger partial charge in [-0.15, -0.1) is 0 Å². The maximum atomic E-state index is 10.6. The van der Waals surface area contributed by atoms with Crippen LogP contribution in [0.3, 0.4) is 0 Å². The molecule has 24 heavy (non-hydrogen) atoms. The van der Waals surface area contributed by atoms with Crippen LogP contribution < -0.4 is 0 Å². The number of hydrogen-bond donors (Lipinski definition) is 1. The van der Waals surface area contributed by atoms with E-state index in [0.29, 0.717) is 10.9 Å². The molecular formula is C18H24ClN3O2. The molecule has 2 atom stereocenters. The average molecular weight is 350 g/mol. The molecular weight excluding hydrogens is 326 g/mol. The Balaban J connectivity index is 1.57. The van der Waals surface area contributed by atoms with Crippen molar-refractivity contribution in [2.24, 2.45) is 5.92 Å². The number of piperidine rings is 1. The van der Waals surface area contributed by atoms with Crippen LogP contribution in [0.2, 0.25) is 5.02 Å². The smallest absolute Gasteiger partial charge is 0.243 e. The monoisotopic (exact) mass is 349 g/mol.